The number of nitrogens with two attached hydrogens (primary N) is 1. The monoisotopic (exact) mass is 123 g/mol. The number of alkyl halides is 2. The summed E-state index contributed by atoms with van der Waals surface area (Å²) >= 11 is 5.16. The molecule has 0 heterocycles. The van der Waals surface area contributed by atoms with E-state index < -0.39 is 5.13 Å². The van der Waals surface area contributed by atoms with Crippen molar-refractivity contribution in [1.82, 2.24) is 0 Å². The molecule has 1 fully saturated rings. The van der Waals surface area contributed by atoms with Crippen LogP contribution < -0.4 is 5.73 Å². The first-order chi connectivity index (χ1) is 3.17. The van der Waals surface area contributed by atoms with E-state index >= 15 is 0 Å². The lowest BCUT2D eigenvalue weighted by Gasteiger charge is -1.88. The molecule has 0 aromatic rings. The summed E-state index contributed by atoms with van der Waals surface area (Å²) in [4.78, 5) is 0. The summed E-state index contributed by atoms with van der Waals surface area (Å²) in [6, 6.07) is 0. The van der Waals surface area contributed by atoms with Gasteiger partial charge in [0.15, 0.2) is 5.13 Å². The first-order valence-electron chi connectivity index (χ1n) is 2.24. The minimum absolute atomic E-state index is 0.0748. The molecule has 1 rings (SSSR count). The molecule has 0 radical (unpaired) electrons. The van der Waals surface area contributed by atoms with Crippen LogP contribution in [0.5, 0.6) is 0 Å². The van der Waals surface area contributed by atoms with Gasteiger partial charge in [0.05, 0.1) is 0 Å². The van der Waals surface area contributed by atoms with Crippen LogP contribution in [0.4, 0.5) is 4.39 Å². The Balaban J connectivity index is 2.30. The molecule has 0 aromatic heterocycles. The molecule has 7 heavy (non-hydrogen) atoms. The Bertz CT molecular complexity index is 83.8. The standard InChI is InChI=1S/C4H7ClFN/c5-4(6)1-3(4)2-7/h3H,1-2,7H2. The van der Waals surface area contributed by atoms with Gasteiger partial charge in [0.1, 0.15) is 0 Å². The van der Waals surface area contributed by atoms with Crippen LogP contribution in [0.15, 0.2) is 0 Å². The van der Waals surface area contributed by atoms with E-state index in [1.807, 2.05) is 0 Å². The Kier molecular flexibility index (Phi) is 1.01. The zero-order valence-corrected chi connectivity index (χ0v) is 4.58. The van der Waals surface area contributed by atoms with Gasteiger partial charge in [-0.2, -0.15) is 0 Å². The molecule has 3 heteroatoms. The van der Waals surface area contributed by atoms with Gasteiger partial charge in [0.25, 0.3) is 0 Å². The predicted molar refractivity (Wildman–Crippen MR) is 26.9 cm³/mol. The molecule has 1 aliphatic rings. The summed E-state index contributed by atoms with van der Waals surface area (Å²) in [5, 5.41) is -1.44. The number of halogens is 2. The van der Waals surface area contributed by atoms with E-state index in [0.717, 1.165) is 0 Å². The van der Waals surface area contributed by atoms with Crippen LogP contribution in [0.2, 0.25) is 0 Å². The van der Waals surface area contributed by atoms with E-state index in [9.17, 15) is 4.39 Å². The Hall–Kier alpha value is 0.180. The maximum absolute atomic E-state index is 12.1. The molecule has 1 aliphatic carbocycles. The predicted octanol–water partition coefficient (Wildman–Crippen LogP) is 0.870. The minimum atomic E-state index is -1.44. The van der Waals surface area contributed by atoms with Gasteiger partial charge in [-0.05, 0) is 6.54 Å². The summed E-state index contributed by atoms with van der Waals surface area (Å²) in [6.45, 7) is 0.375. The first kappa shape index (κ1) is 5.32. The molecule has 0 aliphatic heterocycles. The maximum atomic E-state index is 12.1. The van der Waals surface area contributed by atoms with Crippen molar-refractivity contribution in [1.29, 1.82) is 0 Å². The van der Waals surface area contributed by atoms with E-state index in [2.05, 4.69) is 0 Å². The average Bonchev–Trinajstić information content (AvgIpc) is 2.13. The minimum Gasteiger partial charge on any atom is -0.330 e. The van der Waals surface area contributed by atoms with Gasteiger partial charge in [-0.3, -0.25) is 0 Å². The van der Waals surface area contributed by atoms with Crippen LogP contribution in [-0.4, -0.2) is 11.7 Å². The average molecular weight is 124 g/mol. The first-order valence-corrected chi connectivity index (χ1v) is 2.62. The van der Waals surface area contributed by atoms with Gasteiger partial charge in [0, 0.05) is 12.3 Å². The topological polar surface area (TPSA) is 26.0 Å². The second-order valence-corrected chi connectivity index (χ2v) is 2.53. The lowest BCUT2D eigenvalue weighted by molar-refractivity contribution is 0.397. The van der Waals surface area contributed by atoms with E-state index in [0.29, 0.717) is 13.0 Å². The van der Waals surface area contributed by atoms with E-state index in [4.69, 9.17) is 17.3 Å². The lowest BCUT2D eigenvalue weighted by atomic mass is 10.4. The van der Waals surface area contributed by atoms with E-state index in [1.165, 1.54) is 0 Å². The van der Waals surface area contributed by atoms with E-state index in [-0.39, 0.29) is 5.92 Å². The zero-order chi connectivity index (χ0) is 5.49. The molecule has 0 spiro atoms. The van der Waals surface area contributed by atoms with Crippen molar-refractivity contribution >= 4 is 11.6 Å². The quantitative estimate of drug-likeness (QED) is 0.515. The Labute approximate surface area is 46.6 Å². The molecule has 0 bridgehead atoms. The summed E-state index contributed by atoms with van der Waals surface area (Å²) in [5.41, 5.74) is 5.08. The molecule has 0 saturated heterocycles. The SMILES string of the molecule is NCC1CC1(F)Cl. The van der Waals surface area contributed by atoms with Crippen molar-refractivity contribution in [2.75, 3.05) is 6.54 Å². The third-order valence-electron chi connectivity index (χ3n) is 1.24. The number of hydrogen-bond donors (Lipinski definition) is 1. The highest BCUT2D eigenvalue weighted by Gasteiger charge is 2.52. The van der Waals surface area contributed by atoms with Crippen molar-refractivity contribution in [3.63, 3.8) is 0 Å². The zero-order valence-electron chi connectivity index (χ0n) is 3.82. The van der Waals surface area contributed by atoms with Gasteiger partial charge < -0.3 is 5.73 Å². The lowest BCUT2D eigenvalue weighted by Crippen LogP contribution is -2.05. The van der Waals surface area contributed by atoms with Gasteiger partial charge in [-0.25, -0.2) is 4.39 Å². The third-order valence-corrected chi connectivity index (χ3v) is 1.70. The van der Waals surface area contributed by atoms with Crippen LogP contribution in [0, 0.1) is 5.92 Å². The van der Waals surface area contributed by atoms with Crippen molar-refractivity contribution in [2.45, 2.75) is 11.5 Å². The van der Waals surface area contributed by atoms with Crippen LogP contribution in [-0.2, 0) is 0 Å². The van der Waals surface area contributed by atoms with Crippen LogP contribution in [0.3, 0.4) is 0 Å². The van der Waals surface area contributed by atoms with Crippen molar-refractivity contribution < 1.29 is 4.39 Å². The summed E-state index contributed by atoms with van der Waals surface area (Å²) in [6.07, 6.45) is 0.436. The van der Waals surface area contributed by atoms with Crippen LogP contribution >= 0.6 is 11.6 Å². The Morgan fingerprint density at radius 1 is 2.00 bits per heavy atom. The largest absolute Gasteiger partial charge is 0.330 e. The molecule has 0 aromatic carbocycles. The normalized spacial score (nSPS) is 49.3. The molecule has 2 atom stereocenters. The number of hydrogen-bond acceptors (Lipinski definition) is 1. The molecule has 2 N–H and O–H groups in total. The van der Waals surface area contributed by atoms with Crippen molar-refractivity contribution in [2.24, 2.45) is 11.7 Å². The van der Waals surface area contributed by atoms with Crippen LogP contribution in [0.25, 0.3) is 0 Å². The van der Waals surface area contributed by atoms with E-state index in [1.54, 1.807) is 0 Å². The molecule has 2 unspecified atom stereocenters. The van der Waals surface area contributed by atoms with Gasteiger partial charge >= 0.3 is 0 Å². The molecular weight excluding hydrogens is 117 g/mol. The van der Waals surface area contributed by atoms with Gasteiger partial charge in [0.2, 0.25) is 0 Å². The highest BCUT2D eigenvalue weighted by atomic mass is 35.5. The Morgan fingerprint density at radius 2 is 2.43 bits per heavy atom. The second kappa shape index (κ2) is 1.33. The van der Waals surface area contributed by atoms with Crippen LogP contribution in [0.1, 0.15) is 6.42 Å². The van der Waals surface area contributed by atoms with Gasteiger partial charge in [-0.1, -0.05) is 11.6 Å². The highest BCUT2D eigenvalue weighted by Crippen LogP contribution is 2.49. The maximum Gasteiger partial charge on any atom is 0.188 e. The fourth-order valence-electron chi connectivity index (χ4n) is 0.525. The van der Waals surface area contributed by atoms with Crippen molar-refractivity contribution in [3.8, 4) is 0 Å². The highest BCUT2D eigenvalue weighted by molar-refractivity contribution is 6.25. The molecule has 1 nitrogen and oxygen atoms in total. The van der Waals surface area contributed by atoms with Gasteiger partial charge in [-0.15, -0.1) is 0 Å². The molecule has 1 saturated carbocycles. The summed E-state index contributed by atoms with van der Waals surface area (Å²) in [7, 11) is 0. The molecule has 42 valence electrons. The smallest absolute Gasteiger partial charge is 0.188 e. The molecule has 0 amide bonds. The summed E-state index contributed by atoms with van der Waals surface area (Å²) in [5.74, 6) is -0.0748. The third kappa shape index (κ3) is 0.864. The fraction of sp³-hybridized carbons (Fsp3) is 1.00. The fourth-order valence-corrected chi connectivity index (χ4v) is 0.801. The Morgan fingerprint density at radius 3 is 2.43 bits per heavy atom. The van der Waals surface area contributed by atoms with Crippen molar-refractivity contribution in [3.05, 3.63) is 0 Å². The summed E-state index contributed by atoms with van der Waals surface area (Å²) < 4.78 is 12.1. The second-order valence-electron chi connectivity index (χ2n) is 1.90. The molecular formula is C4H7ClFN. The number of rotatable bonds is 1.